The molecule has 3 aromatic heterocycles. The van der Waals surface area contributed by atoms with Crippen LogP contribution < -0.4 is 10.3 Å². The summed E-state index contributed by atoms with van der Waals surface area (Å²) in [7, 11) is 0. The number of aromatic amines is 1. The fraction of sp³-hybridized carbons (Fsp3) is 0.0870. The van der Waals surface area contributed by atoms with Gasteiger partial charge in [-0.25, -0.2) is 4.98 Å². The Balaban J connectivity index is 1.64. The van der Waals surface area contributed by atoms with E-state index in [1.54, 1.807) is 6.20 Å². The van der Waals surface area contributed by atoms with E-state index in [1.807, 2.05) is 42.5 Å². The van der Waals surface area contributed by atoms with E-state index in [1.165, 1.54) is 28.5 Å². The summed E-state index contributed by atoms with van der Waals surface area (Å²) >= 11 is 1.31. The summed E-state index contributed by atoms with van der Waals surface area (Å²) < 4.78 is 42.9. The number of nitrogens with one attached hydrogen (secondary N) is 1. The van der Waals surface area contributed by atoms with Crippen molar-refractivity contribution >= 4 is 33.7 Å². The van der Waals surface area contributed by atoms with Crippen molar-refractivity contribution in [1.29, 1.82) is 0 Å². The molecule has 166 valence electrons. The Morgan fingerprint density at radius 1 is 1.00 bits per heavy atom. The third kappa shape index (κ3) is 4.29. The number of halogens is 3. The largest absolute Gasteiger partial charge is 0.573 e. The van der Waals surface area contributed by atoms with Crippen LogP contribution in [-0.4, -0.2) is 25.9 Å². The smallest absolute Gasteiger partial charge is 0.406 e. The van der Waals surface area contributed by atoms with Crippen LogP contribution in [0.4, 0.5) is 13.2 Å². The highest BCUT2D eigenvalue weighted by molar-refractivity contribution is 7.98. The number of alkyl halides is 3. The summed E-state index contributed by atoms with van der Waals surface area (Å²) in [6.07, 6.45) is -3.12. The van der Waals surface area contributed by atoms with Gasteiger partial charge in [-0.2, -0.15) is 0 Å². The van der Waals surface area contributed by atoms with Crippen molar-refractivity contribution in [3.05, 3.63) is 89.0 Å². The van der Waals surface area contributed by atoms with Crippen LogP contribution in [0.25, 0.3) is 27.6 Å². The first-order chi connectivity index (χ1) is 15.9. The molecule has 0 spiro atoms. The highest BCUT2D eigenvalue weighted by Gasteiger charge is 2.31. The molecule has 0 unspecified atom stereocenters. The van der Waals surface area contributed by atoms with Crippen molar-refractivity contribution in [1.82, 2.24) is 19.5 Å². The number of H-pyrrole nitrogens is 1. The Labute approximate surface area is 189 Å². The minimum Gasteiger partial charge on any atom is -0.406 e. The molecule has 0 fully saturated rings. The Hall–Kier alpha value is -3.79. The van der Waals surface area contributed by atoms with Crippen molar-refractivity contribution in [2.24, 2.45) is 0 Å². The van der Waals surface area contributed by atoms with Gasteiger partial charge in [0.25, 0.3) is 5.56 Å². The Morgan fingerprint density at radius 2 is 1.76 bits per heavy atom. The van der Waals surface area contributed by atoms with Gasteiger partial charge in [-0.3, -0.25) is 14.3 Å². The van der Waals surface area contributed by atoms with E-state index in [0.29, 0.717) is 27.6 Å². The number of hydrogen-bond acceptors (Lipinski definition) is 5. The second-order valence-corrected chi connectivity index (χ2v) is 8.02. The summed E-state index contributed by atoms with van der Waals surface area (Å²) in [5, 5.41) is 1.21. The van der Waals surface area contributed by atoms with E-state index in [2.05, 4.69) is 14.7 Å². The standard InChI is InChI=1S/C23H15F3N4O2S/c24-23(25,26)32-16-10-8-15(9-11-16)30-21(31)20-19(17-6-1-2-7-18(17)28-20)29-22(30)33-13-14-5-3-4-12-27-14/h1-12,28H,13H2. The van der Waals surface area contributed by atoms with Crippen LogP contribution in [0, 0.1) is 0 Å². The van der Waals surface area contributed by atoms with E-state index >= 15 is 0 Å². The predicted molar refractivity (Wildman–Crippen MR) is 120 cm³/mol. The third-order valence-corrected chi connectivity index (χ3v) is 5.87. The highest BCUT2D eigenvalue weighted by Crippen LogP contribution is 2.29. The molecule has 0 saturated carbocycles. The first-order valence-electron chi connectivity index (χ1n) is 9.81. The number of rotatable bonds is 5. The number of para-hydroxylation sites is 1. The number of fused-ring (bicyclic) bond motifs is 3. The van der Waals surface area contributed by atoms with Gasteiger partial charge in [0.05, 0.1) is 11.4 Å². The molecule has 5 aromatic rings. The van der Waals surface area contributed by atoms with Crippen LogP contribution in [-0.2, 0) is 5.75 Å². The number of ether oxygens (including phenoxy) is 1. The quantitative estimate of drug-likeness (QED) is 0.274. The average Bonchev–Trinajstić information content (AvgIpc) is 3.17. The number of nitrogens with zero attached hydrogens (tertiary/aromatic N) is 3. The Kier molecular flexibility index (Phi) is 5.29. The first kappa shape index (κ1) is 21.1. The topological polar surface area (TPSA) is 72.8 Å². The van der Waals surface area contributed by atoms with Crippen molar-refractivity contribution in [3.63, 3.8) is 0 Å². The van der Waals surface area contributed by atoms with Crippen LogP contribution in [0.2, 0.25) is 0 Å². The Bertz CT molecular complexity index is 1500. The SMILES string of the molecule is O=c1c2[nH]c3ccccc3c2nc(SCc2ccccn2)n1-c1ccc(OC(F)(F)F)cc1. The van der Waals surface area contributed by atoms with Gasteiger partial charge in [-0.15, -0.1) is 13.2 Å². The molecule has 3 heterocycles. The second kappa shape index (κ2) is 8.28. The van der Waals surface area contributed by atoms with Crippen LogP contribution in [0.1, 0.15) is 5.69 Å². The number of thioether (sulfide) groups is 1. The Morgan fingerprint density at radius 3 is 2.48 bits per heavy atom. The molecule has 33 heavy (non-hydrogen) atoms. The zero-order chi connectivity index (χ0) is 23.0. The highest BCUT2D eigenvalue weighted by atomic mass is 32.2. The van der Waals surface area contributed by atoms with Gasteiger partial charge in [-0.05, 0) is 42.5 Å². The predicted octanol–water partition coefficient (Wildman–Crippen LogP) is 5.45. The molecule has 5 rings (SSSR count). The number of pyridine rings is 1. The minimum absolute atomic E-state index is 0.314. The molecular formula is C23H15F3N4O2S. The molecule has 0 aliphatic carbocycles. The molecule has 0 bridgehead atoms. The maximum absolute atomic E-state index is 13.5. The van der Waals surface area contributed by atoms with Crippen LogP contribution in [0.5, 0.6) is 5.75 Å². The first-order valence-corrected chi connectivity index (χ1v) is 10.8. The zero-order valence-corrected chi connectivity index (χ0v) is 17.7. The molecule has 0 aliphatic rings. The van der Waals surface area contributed by atoms with Gasteiger partial charge in [0, 0.05) is 22.9 Å². The fourth-order valence-corrected chi connectivity index (χ4v) is 4.41. The zero-order valence-electron chi connectivity index (χ0n) is 16.8. The number of aromatic nitrogens is 4. The van der Waals surface area contributed by atoms with Gasteiger partial charge in [0.1, 0.15) is 16.8 Å². The van der Waals surface area contributed by atoms with Crippen molar-refractivity contribution in [2.75, 3.05) is 0 Å². The van der Waals surface area contributed by atoms with Gasteiger partial charge in [0.15, 0.2) is 5.16 Å². The van der Waals surface area contributed by atoms with E-state index in [0.717, 1.165) is 28.7 Å². The van der Waals surface area contributed by atoms with Crippen LogP contribution >= 0.6 is 11.8 Å². The summed E-state index contributed by atoms with van der Waals surface area (Å²) in [5.74, 6) is 0.0813. The summed E-state index contributed by atoms with van der Waals surface area (Å²) in [6.45, 7) is 0. The lowest BCUT2D eigenvalue weighted by Gasteiger charge is -2.13. The number of hydrogen-bond donors (Lipinski definition) is 1. The van der Waals surface area contributed by atoms with E-state index in [-0.39, 0.29) is 11.3 Å². The van der Waals surface area contributed by atoms with Crippen molar-refractivity contribution in [2.45, 2.75) is 17.3 Å². The lowest BCUT2D eigenvalue weighted by atomic mass is 10.2. The van der Waals surface area contributed by atoms with Crippen molar-refractivity contribution in [3.8, 4) is 11.4 Å². The monoisotopic (exact) mass is 468 g/mol. The van der Waals surface area contributed by atoms with Gasteiger partial charge in [0.2, 0.25) is 0 Å². The molecule has 0 radical (unpaired) electrons. The number of benzene rings is 2. The van der Waals surface area contributed by atoms with E-state index < -0.39 is 6.36 Å². The molecule has 6 nitrogen and oxygen atoms in total. The fourth-order valence-electron chi connectivity index (χ4n) is 3.49. The lowest BCUT2D eigenvalue weighted by molar-refractivity contribution is -0.274. The molecule has 10 heteroatoms. The molecule has 0 amide bonds. The van der Waals surface area contributed by atoms with Gasteiger partial charge in [-0.1, -0.05) is 36.0 Å². The summed E-state index contributed by atoms with van der Waals surface area (Å²) in [5.41, 5.74) is 2.43. The van der Waals surface area contributed by atoms with Crippen LogP contribution in [0.15, 0.2) is 82.9 Å². The summed E-state index contributed by atoms with van der Waals surface area (Å²) in [6, 6.07) is 18.1. The second-order valence-electron chi connectivity index (χ2n) is 7.08. The van der Waals surface area contributed by atoms with Crippen LogP contribution in [0.3, 0.4) is 0 Å². The maximum Gasteiger partial charge on any atom is 0.573 e. The van der Waals surface area contributed by atoms with Gasteiger partial charge >= 0.3 is 6.36 Å². The normalized spacial score (nSPS) is 11.8. The van der Waals surface area contributed by atoms with E-state index in [4.69, 9.17) is 4.98 Å². The molecule has 0 aliphatic heterocycles. The lowest BCUT2D eigenvalue weighted by Crippen LogP contribution is -2.22. The maximum atomic E-state index is 13.5. The molecule has 0 saturated heterocycles. The molecular weight excluding hydrogens is 453 g/mol. The van der Waals surface area contributed by atoms with E-state index in [9.17, 15) is 18.0 Å². The molecule has 0 atom stereocenters. The molecule has 1 N–H and O–H groups in total. The average molecular weight is 468 g/mol. The molecule has 2 aromatic carbocycles. The third-order valence-electron chi connectivity index (χ3n) is 4.90. The minimum atomic E-state index is -4.80. The van der Waals surface area contributed by atoms with Crippen molar-refractivity contribution < 1.29 is 17.9 Å². The summed E-state index contributed by atoms with van der Waals surface area (Å²) in [4.78, 5) is 25.7. The van der Waals surface area contributed by atoms with Gasteiger partial charge < -0.3 is 9.72 Å².